The van der Waals surface area contributed by atoms with Crippen LogP contribution in [0.4, 0.5) is 10.1 Å². The molecule has 104 valence electrons. The highest BCUT2D eigenvalue weighted by atomic mass is 19.1. The number of benzene rings is 2. The molecule has 0 aliphatic heterocycles. The fourth-order valence-corrected chi connectivity index (χ4v) is 2.92. The second kappa shape index (κ2) is 5.66. The minimum absolute atomic E-state index is 0.110. The van der Waals surface area contributed by atoms with Gasteiger partial charge in [0.05, 0.1) is 5.69 Å². The van der Waals surface area contributed by atoms with E-state index in [1.807, 2.05) is 6.07 Å². The number of hydrogen-bond donors (Lipinski definition) is 1. The lowest BCUT2D eigenvalue weighted by Crippen LogP contribution is -2.10. The predicted octanol–water partition coefficient (Wildman–Crippen LogP) is 4.88. The summed E-state index contributed by atoms with van der Waals surface area (Å²) in [6.45, 7) is 2.08. The number of hydrogen-bond acceptors (Lipinski definition) is 1. The van der Waals surface area contributed by atoms with Crippen molar-refractivity contribution >= 4 is 5.69 Å². The number of aryl methyl sites for hydroxylation is 2. The molecule has 1 aliphatic carbocycles. The van der Waals surface area contributed by atoms with Crippen LogP contribution in [0.3, 0.4) is 0 Å². The Bertz CT molecular complexity index is 606. The van der Waals surface area contributed by atoms with Crippen molar-refractivity contribution in [3.63, 3.8) is 0 Å². The first kappa shape index (κ1) is 13.2. The van der Waals surface area contributed by atoms with Crippen molar-refractivity contribution in [2.75, 3.05) is 5.32 Å². The molecule has 1 nitrogen and oxygen atoms in total. The highest BCUT2D eigenvalue weighted by molar-refractivity contribution is 5.47. The van der Waals surface area contributed by atoms with E-state index < -0.39 is 0 Å². The molecule has 1 unspecified atom stereocenters. The Morgan fingerprint density at radius 2 is 1.75 bits per heavy atom. The van der Waals surface area contributed by atoms with Gasteiger partial charge in [0.25, 0.3) is 0 Å². The Balaban J connectivity index is 1.80. The summed E-state index contributed by atoms with van der Waals surface area (Å²) in [5.74, 6) is -0.197. The predicted molar refractivity (Wildman–Crippen MR) is 81.5 cm³/mol. The topological polar surface area (TPSA) is 12.0 Å². The molecule has 0 aromatic heterocycles. The fourth-order valence-electron chi connectivity index (χ4n) is 2.92. The summed E-state index contributed by atoms with van der Waals surface area (Å²) in [6, 6.07) is 13.6. The van der Waals surface area contributed by atoms with Crippen LogP contribution < -0.4 is 5.32 Å². The van der Waals surface area contributed by atoms with E-state index in [4.69, 9.17) is 0 Å². The first-order valence-corrected chi connectivity index (χ1v) is 7.37. The highest BCUT2D eigenvalue weighted by Gasteiger charge is 2.13. The van der Waals surface area contributed by atoms with Gasteiger partial charge >= 0.3 is 0 Å². The molecule has 2 aromatic rings. The Labute approximate surface area is 119 Å². The molecule has 0 radical (unpaired) electrons. The van der Waals surface area contributed by atoms with Gasteiger partial charge < -0.3 is 5.32 Å². The summed E-state index contributed by atoms with van der Waals surface area (Å²) >= 11 is 0. The zero-order valence-corrected chi connectivity index (χ0v) is 11.8. The average molecular weight is 269 g/mol. The molecular weight excluding hydrogens is 249 g/mol. The summed E-state index contributed by atoms with van der Waals surface area (Å²) in [7, 11) is 0. The van der Waals surface area contributed by atoms with Gasteiger partial charge in [-0.25, -0.2) is 4.39 Å². The third-order valence-electron chi connectivity index (χ3n) is 4.12. The third kappa shape index (κ3) is 2.69. The zero-order chi connectivity index (χ0) is 13.9. The van der Waals surface area contributed by atoms with Gasteiger partial charge in [-0.05, 0) is 61.4 Å². The van der Waals surface area contributed by atoms with Crippen LogP contribution in [-0.2, 0) is 12.8 Å². The van der Waals surface area contributed by atoms with Gasteiger partial charge in [-0.1, -0.05) is 30.3 Å². The first-order valence-electron chi connectivity index (χ1n) is 7.37. The lowest BCUT2D eigenvalue weighted by molar-refractivity contribution is 0.627. The maximum atomic E-state index is 13.7. The molecule has 2 heteroatoms. The molecule has 0 amide bonds. The van der Waals surface area contributed by atoms with Crippen molar-refractivity contribution < 1.29 is 4.39 Å². The van der Waals surface area contributed by atoms with Crippen molar-refractivity contribution in [3.8, 4) is 0 Å². The monoisotopic (exact) mass is 269 g/mol. The number of para-hydroxylation sites is 1. The SMILES string of the molecule is CC(Nc1ccccc1F)c1ccc2c(c1)CCCC2. The third-order valence-corrected chi connectivity index (χ3v) is 4.12. The molecule has 0 heterocycles. The number of nitrogens with one attached hydrogen (secondary N) is 1. The Kier molecular flexibility index (Phi) is 3.72. The van der Waals surface area contributed by atoms with Crippen molar-refractivity contribution in [1.82, 2.24) is 0 Å². The van der Waals surface area contributed by atoms with Crippen LogP contribution in [0, 0.1) is 5.82 Å². The molecule has 1 aliphatic rings. The molecule has 3 rings (SSSR count). The minimum Gasteiger partial charge on any atom is -0.376 e. The average Bonchev–Trinajstić information content (AvgIpc) is 2.49. The van der Waals surface area contributed by atoms with Gasteiger partial charge in [0.1, 0.15) is 5.82 Å². The lowest BCUT2D eigenvalue weighted by Gasteiger charge is -2.21. The van der Waals surface area contributed by atoms with Crippen LogP contribution in [0.1, 0.15) is 42.5 Å². The number of rotatable bonds is 3. The Morgan fingerprint density at radius 3 is 2.55 bits per heavy atom. The maximum absolute atomic E-state index is 13.7. The highest BCUT2D eigenvalue weighted by Crippen LogP contribution is 2.27. The van der Waals surface area contributed by atoms with Gasteiger partial charge in [-0.15, -0.1) is 0 Å². The maximum Gasteiger partial charge on any atom is 0.146 e. The smallest absolute Gasteiger partial charge is 0.146 e. The second-order valence-electron chi connectivity index (χ2n) is 5.58. The minimum atomic E-state index is -0.197. The summed E-state index contributed by atoms with van der Waals surface area (Å²) < 4.78 is 13.7. The molecular formula is C18H20FN. The fraction of sp³-hybridized carbons (Fsp3) is 0.333. The number of fused-ring (bicyclic) bond motifs is 1. The van der Waals surface area contributed by atoms with Crippen LogP contribution in [-0.4, -0.2) is 0 Å². The Hall–Kier alpha value is -1.83. The summed E-state index contributed by atoms with van der Waals surface area (Å²) in [5.41, 5.74) is 4.75. The van der Waals surface area contributed by atoms with E-state index in [9.17, 15) is 4.39 Å². The second-order valence-corrected chi connectivity index (χ2v) is 5.58. The summed E-state index contributed by atoms with van der Waals surface area (Å²) in [6.07, 6.45) is 4.96. The Morgan fingerprint density at radius 1 is 1.00 bits per heavy atom. The standard InChI is InChI=1S/C18H20FN/c1-13(20-18-9-5-4-8-17(18)19)15-11-10-14-6-2-3-7-16(14)12-15/h4-5,8-13,20H,2-3,6-7H2,1H3. The molecule has 0 spiro atoms. The lowest BCUT2D eigenvalue weighted by atomic mass is 9.89. The van der Waals surface area contributed by atoms with E-state index in [2.05, 4.69) is 30.4 Å². The van der Waals surface area contributed by atoms with E-state index in [-0.39, 0.29) is 11.9 Å². The zero-order valence-electron chi connectivity index (χ0n) is 11.8. The first-order chi connectivity index (χ1) is 9.74. The molecule has 1 atom stereocenters. The molecule has 2 aromatic carbocycles. The van der Waals surface area contributed by atoms with Crippen LogP contribution in [0.15, 0.2) is 42.5 Å². The van der Waals surface area contributed by atoms with Crippen molar-refractivity contribution in [3.05, 3.63) is 65.0 Å². The van der Waals surface area contributed by atoms with Crippen molar-refractivity contribution in [2.45, 2.75) is 38.6 Å². The molecule has 0 saturated heterocycles. The van der Waals surface area contributed by atoms with Gasteiger partial charge in [-0.2, -0.15) is 0 Å². The van der Waals surface area contributed by atoms with E-state index in [1.54, 1.807) is 12.1 Å². The van der Waals surface area contributed by atoms with Gasteiger partial charge in [0.15, 0.2) is 0 Å². The van der Waals surface area contributed by atoms with E-state index in [0.29, 0.717) is 5.69 Å². The van der Waals surface area contributed by atoms with E-state index >= 15 is 0 Å². The summed E-state index contributed by atoms with van der Waals surface area (Å²) in [5, 5.41) is 3.26. The molecule has 0 fully saturated rings. The molecule has 20 heavy (non-hydrogen) atoms. The van der Waals surface area contributed by atoms with E-state index in [0.717, 1.165) is 0 Å². The molecule has 0 bridgehead atoms. The number of anilines is 1. The normalized spacial score (nSPS) is 15.5. The van der Waals surface area contributed by atoms with Crippen LogP contribution in [0.2, 0.25) is 0 Å². The van der Waals surface area contributed by atoms with Gasteiger partial charge in [-0.3, -0.25) is 0 Å². The quantitative estimate of drug-likeness (QED) is 0.837. The van der Waals surface area contributed by atoms with Crippen molar-refractivity contribution in [1.29, 1.82) is 0 Å². The summed E-state index contributed by atoms with van der Waals surface area (Å²) in [4.78, 5) is 0. The van der Waals surface area contributed by atoms with Crippen molar-refractivity contribution in [2.24, 2.45) is 0 Å². The van der Waals surface area contributed by atoms with Gasteiger partial charge in [0, 0.05) is 6.04 Å². The molecule has 1 N–H and O–H groups in total. The largest absolute Gasteiger partial charge is 0.376 e. The van der Waals surface area contributed by atoms with Gasteiger partial charge in [0.2, 0.25) is 0 Å². The molecule has 0 saturated carbocycles. The van der Waals surface area contributed by atoms with E-state index in [1.165, 1.54) is 48.4 Å². The van der Waals surface area contributed by atoms with Crippen LogP contribution in [0.25, 0.3) is 0 Å². The van der Waals surface area contributed by atoms with Crippen LogP contribution >= 0.6 is 0 Å². The van der Waals surface area contributed by atoms with Crippen LogP contribution in [0.5, 0.6) is 0 Å². The number of halogens is 1.